The first-order valence-electron chi connectivity index (χ1n) is 5.69. The topological polar surface area (TPSA) is 28.2 Å². The van der Waals surface area contributed by atoms with Gasteiger partial charge in [-0.3, -0.25) is 4.98 Å². The molecule has 0 fully saturated rings. The summed E-state index contributed by atoms with van der Waals surface area (Å²) in [4.78, 5) is 7.38. The molecular formula is C13H16ClN3S. The number of aromatic nitrogens is 1. The van der Waals surface area contributed by atoms with Crippen molar-refractivity contribution in [1.29, 1.82) is 0 Å². The first kappa shape index (κ1) is 13.2. The standard InChI is InChI=1S/C13H16ClN3S/c1-9(13-7-15-8-18-13)16-11-6-10(14)4-5-12(11)17(2)3/h4-9,16H,1-3H3. The summed E-state index contributed by atoms with van der Waals surface area (Å²) in [6, 6.07) is 6.09. The molecule has 96 valence electrons. The van der Waals surface area contributed by atoms with Crippen LogP contribution in [0.15, 0.2) is 29.9 Å². The second-order valence-corrected chi connectivity index (χ2v) is 5.68. The van der Waals surface area contributed by atoms with Crippen molar-refractivity contribution in [1.82, 2.24) is 4.98 Å². The van der Waals surface area contributed by atoms with Gasteiger partial charge in [0, 0.05) is 30.2 Å². The molecule has 0 amide bonds. The van der Waals surface area contributed by atoms with E-state index in [0.717, 1.165) is 16.4 Å². The number of thiazole rings is 1. The summed E-state index contributed by atoms with van der Waals surface area (Å²) in [6.45, 7) is 2.12. The Morgan fingerprint density at radius 2 is 2.17 bits per heavy atom. The fourth-order valence-electron chi connectivity index (χ4n) is 1.76. The molecule has 1 N–H and O–H groups in total. The molecule has 18 heavy (non-hydrogen) atoms. The average Bonchev–Trinajstić information content (AvgIpc) is 2.81. The van der Waals surface area contributed by atoms with E-state index in [1.807, 2.05) is 44.0 Å². The maximum Gasteiger partial charge on any atom is 0.0795 e. The van der Waals surface area contributed by atoms with Crippen LogP contribution >= 0.6 is 22.9 Å². The quantitative estimate of drug-likeness (QED) is 0.917. The van der Waals surface area contributed by atoms with Gasteiger partial charge in [0.2, 0.25) is 0 Å². The van der Waals surface area contributed by atoms with Crippen molar-refractivity contribution in [3.05, 3.63) is 39.8 Å². The Hall–Kier alpha value is -1.26. The van der Waals surface area contributed by atoms with Crippen molar-refractivity contribution < 1.29 is 0 Å². The van der Waals surface area contributed by atoms with Crippen LogP contribution in [0.4, 0.5) is 11.4 Å². The van der Waals surface area contributed by atoms with Gasteiger partial charge in [-0.15, -0.1) is 11.3 Å². The second kappa shape index (κ2) is 5.59. The number of nitrogens with one attached hydrogen (secondary N) is 1. The summed E-state index contributed by atoms with van der Waals surface area (Å²) in [6.07, 6.45) is 1.89. The van der Waals surface area contributed by atoms with Crippen molar-refractivity contribution >= 4 is 34.3 Å². The van der Waals surface area contributed by atoms with Crippen LogP contribution in [-0.2, 0) is 0 Å². The van der Waals surface area contributed by atoms with Crippen molar-refractivity contribution in [2.24, 2.45) is 0 Å². The van der Waals surface area contributed by atoms with E-state index in [9.17, 15) is 0 Å². The molecule has 1 aromatic heterocycles. The predicted octanol–water partition coefficient (Wildman–Crippen LogP) is 4.04. The molecule has 0 spiro atoms. The lowest BCUT2D eigenvalue weighted by Crippen LogP contribution is -2.13. The second-order valence-electron chi connectivity index (χ2n) is 4.33. The lowest BCUT2D eigenvalue weighted by molar-refractivity contribution is 0.901. The van der Waals surface area contributed by atoms with Crippen LogP contribution in [0.1, 0.15) is 17.8 Å². The molecule has 5 heteroatoms. The third-order valence-corrected chi connectivity index (χ3v) is 3.88. The molecule has 0 saturated heterocycles. The van der Waals surface area contributed by atoms with Crippen LogP contribution in [-0.4, -0.2) is 19.1 Å². The van der Waals surface area contributed by atoms with E-state index < -0.39 is 0 Å². The van der Waals surface area contributed by atoms with Crippen LogP contribution in [0.5, 0.6) is 0 Å². The average molecular weight is 282 g/mol. The molecule has 0 radical (unpaired) electrons. The van der Waals surface area contributed by atoms with Crippen molar-refractivity contribution in [2.45, 2.75) is 13.0 Å². The Bertz CT molecular complexity index is 511. The van der Waals surface area contributed by atoms with E-state index in [4.69, 9.17) is 11.6 Å². The van der Waals surface area contributed by atoms with Crippen LogP contribution in [0.25, 0.3) is 0 Å². The number of halogens is 1. The van der Waals surface area contributed by atoms with Gasteiger partial charge in [-0.05, 0) is 25.1 Å². The number of nitrogens with zero attached hydrogens (tertiary/aromatic N) is 2. The minimum absolute atomic E-state index is 0.217. The zero-order valence-electron chi connectivity index (χ0n) is 10.6. The summed E-state index contributed by atoms with van der Waals surface area (Å²) in [7, 11) is 4.04. The summed E-state index contributed by atoms with van der Waals surface area (Å²) < 4.78 is 0. The Labute approximate surface area is 116 Å². The molecule has 2 aromatic rings. The molecule has 0 bridgehead atoms. The Kier molecular flexibility index (Phi) is 4.09. The van der Waals surface area contributed by atoms with Crippen molar-refractivity contribution in [2.75, 3.05) is 24.3 Å². The fourth-order valence-corrected chi connectivity index (χ4v) is 2.56. The molecule has 1 atom stereocenters. The Morgan fingerprint density at radius 1 is 1.39 bits per heavy atom. The molecule has 0 aliphatic carbocycles. The largest absolute Gasteiger partial charge is 0.376 e. The van der Waals surface area contributed by atoms with Gasteiger partial charge in [0.25, 0.3) is 0 Å². The SMILES string of the molecule is CC(Nc1cc(Cl)ccc1N(C)C)c1cncs1. The lowest BCUT2D eigenvalue weighted by Gasteiger charge is -2.21. The van der Waals surface area contributed by atoms with Gasteiger partial charge in [0.15, 0.2) is 0 Å². The zero-order chi connectivity index (χ0) is 13.1. The maximum absolute atomic E-state index is 6.06. The number of anilines is 2. The van der Waals surface area contributed by atoms with E-state index in [1.165, 1.54) is 4.88 Å². The highest BCUT2D eigenvalue weighted by Gasteiger charge is 2.11. The van der Waals surface area contributed by atoms with Gasteiger partial charge in [-0.25, -0.2) is 0 Å². The van der Waals surface area contributed by atoms with E-state index in [-0.39, 0.29) is 6.04 Å². The van der Waals surface area contributed by atoms with Crippen LogP contribution in [0.3, 0.4) is 0 Å². The Balaban J connectivity index is 2.25. The summed E-state index contributed by atoms with van der Waals surface area (Å²) in [5.41, 5.74) is 4.00. The third kappa shape index (κ3) is 2.94. The fraction of sp³-hybridized carbons (Fsp3) is 0.308. The van der Waals surface area contributed by atoms with Gasteiger partial charge in [-0.2, -0.15) is 0 Å². The monoisotopic (exact) mass is 281 g/mol. The molecule has 0 saturated carbocycles. The maximum atomic E-state index is 6.06. The minimum Gasteiger partial charge on any atom is -0.376 e. The van der Waals surface area contributed by atoms with Gasteiger partial charge in [0.1, 0.15) is 0 Å². The van der Waals surface area contributed by atoms with Gasteiger partial charge >= 0.3 is 0 Å². The van der Waals surface area contributed by atoms with Crippen molar-refractivity contribution in [3.8, 4) is 0 Å². The third-order valence-electron chi connectivity index (χ3n) is 2.69. The molecule has 3 nitrogen and oxygen atoms in total. The van der Waals surface area contributed by atoms with Crippen LogP contribution < -0.4 is 10.2 Å². The molecule has 1 unspecified atom stereocenters. The molecule has 0 aliphatic rings. The van der Waals surface area contributed by atoms with Crippen LogP contribution in [0, 0.1) is 0 Å². The van der Waals surface area contributed by atoms with E-state index >= 15 is 0 Å². The van der Waals surface area contributed by atoms with Gasteiger partial charge in [-0.1, -0.05) is 11.6 Å². The normalized spacial score (nSPS) is 12.2. The number of rotatable bonds is 4. The number of hydrogen-bond acceptors (Lipinski definition) is 4. The minimum atomic E-state index is 0.217. The highest BCUT2D eigenvalue weighted by molar-refractivity contribution is 7.09. The lowest BCUT2D eigenvalue weighted by atomic mass is 10.2. The first-order valence-corrected chi connectivity index (χ1v) is 6.95. The smallest absolute Gasteiger partial charge is 0.0795 e. The van der Waals surface area contributed by atoms with E-state index in [2.05, 4.69) is 22.1 Å². The van der Waals surface area contributed by atoms with Gasteiger partial charge < -0.3 is 10.2 Å². The van der Waals surface area contributed by atoms with Gasteiger partial charge in [0.05, 0.1) is 22.9 Å². The summed E-state index contributed by atoms with van der Waals surface area (Å²) >= 11 is 7.71. The molecule has 1 aromatic carbocycles. The van der Waals surface area contributed by atoms with Crippen molar-refractivity contribution in [3.63, 3.8) is 0 Å². The molecular weight excluding hydrogens is 266 g/mol. The predicted molar refractivity (Wildman–Crippen MR) is 79.9 cm³/mol. The molecule has 2 rings (SSSR count). The molecule has 0 aliphatic heterocycles. The van der Waals surface area contributed by atoms with E-state index in [0.29, 0.717) is 0 Å². The number of benzene rings is 1. The number of hydrogen-bond donors (Lipinski definition) is 1. The molecule has 1 heterocycles. The first-order chi connectivity index (χ1) is 8.58. The summed E-state index contributed by atoms with van der Waals surface area (Å²) in [5, 5.41) is 4.22. The zero-order valence-corrected chi connectivity index (χ0v) is 12.2. The van der Waals surface area contributed by atoms with Crippen LogP contribution in [0.2, 0.25) is 5.02 Å². The highest BCUT2D eigenvalue weighted by atomic mass is 35.5. The Morgan fingerprint density at radius 3 is 2.78 bits per heavy atom. The highest BCUT2D eigenvalue weighted by Crippen LogP contribution is 2.31. The van der Waals surface area contributed by atoms with E-state index in [1.54, 1.807) is 11.3 Å². The summed E-state index contributed by atoms with van der Waals surface area (Å²) in [5.74, 6) is 0.